The van der Waals surface area contributed by atoms with Crippen molar-refractivity contribution in [3.8, 4) is 5.75 Å². The van der Waals surface area contributed by atoms with Gasteiger partial charge in [0.15, 0.2) is 5.78 Å². The molecule has 0 unspecified atom stereocenters. The van der Waals surface area contributed by atoms with Gasteiger partial charge in [0.1, 0.15) is 11.9 Å². The van der Waals surface area contributed by atoms with Crippen LogP contribution < -0.4 is 4.74 Å². The van der Waals surface area contributed by atoms with Crippen LogP contribution in [0.2, 0.25) is 0 Å². The Morgan fingerprint density at radius 2 is 1.74 bits per heavy atom. The summed E-state index contributed by atoms with van der Waals surface area (Å²) in [5.41, 5.74) is 5.31. The second-order valence-corrected chi connectivity index (χ2v) is 8.48. The molecule has 2 aliphatic rings. The Morgan fingerprint density at radius 3 is 2.58 bits per heavy atom. The average molecular weight is 407 g/mol. The van der Waals surface area contributed by atoms with Crippen LogP contribution in [0.3, 0.4) is 0 Å². The first kappa shape index (κ1) is 18.1. The lowest BCUT2D eigenvalue weighted by molar-refractivity contribution is 0.0629. The maximum absolute atomic E-state index is 13.5. The Hall–Kier alpha value is -3.66. The summed E-state index contributed by atoms with van der Waals surface area (Å²) in [5.74, 6) is 0.520. The van der Waals surface area contributed by atoms with Gasteiger partial charge in [0, 0.05) is 23.1 Å². The predicted octanol–water partition coefficient (Wildman–Crippen LogP) is 5.00. The summed E-state index contributed by atoms with van der Waals surface area (Å²) in [6, 6.07) is 23.1. The first-order chi connectivity index (χ1) is 15.1. The smallest absolute Gasteiger partial charge is 0.262 e. The topological polar surface area (TPSA) is 48.3 Å². The molecular formula is C27H21NO3. The number of aryl methyl sites for hydroxylation is 1. The molecule has 4 aromatic rings. The molecule has 0 saturated heterocycles. The maximum Gasteiger partial charge on any atom is 0.262 e. The maximum atomic E-state index is 13.5. The molecule has 2 heterocycles. The van der Waals surface area contributed by atoms with E-state index in [4.69, 9.17) is 4.74 Å². The third-order valence-electron chi connectivity index (χ3n) is 6.60. The lowest BCUT2D eigenvalue weighted by Crippen LogP contribution is -2.44. The largest absolute Gasteiger partial charge is 0.488 e. The van der Waals surface area contributed by atoms with Gasteiger partial charge < -0.3 is 4.74 Å². The summed E-state index contributed by atoms with van der Waals surface area (Å²) >= 11 is 0. The fourth-order valence-corrected chi connectivity index (χ4v) is 5.12. The van der Waals surface area contributed by atoms with Gasteiger partial charge in [-0.15, -0.1) is 0 Å². The molecule has 0 N–H and O–H groups in total. The lowest BCUT2D eigenvalue weighted by atomic mass is 9.77. The van der Waals surface area contributed by atoms with E-state index >= 15 is 0 Å². The third-order valence-corrected chi connectivity index (χ3v) is 6.60. The van der Waals surface area contributed by atoms with Gasteiger partial charge in [-0.05, 0) is 49.2 Å². The molecule has 0 saturated carbocycles. The summed E-state index contributed by atoms with van der Waals surface area (Å²) in [6.07, 6.45) is 0.857. The number of carbonyl (C=O) groups excluding carboxylic acids is 2. The highest BCUT2D eigenvalue weighted by Crippen LogP contribution is 2.41. The molecule has 1 aliphatic heterocycles. The van der Waals surface area contributed by atoms with Gasteiger partial charge in [-0.2, -0.15) is 0 Å². The van der Waals surface area contributed by atoms with Crippen LogP contribution >= 0.6 is 0 Å². The van der Waals surface area contributed by atoms with E-state index in [1.54, 1.807) is 0 Å². The van der Waals surface area contributed by atoms with Crippen molar-refractivity contribution >= 4 is 22.6 Å². The van der Waals surface area contributed by atoms with Crippen LogP contribution in [0.4, 0.5) is 0 Å². The number of benzene rings is 3. The van der Waals surface area contributed by atoms with Gasteiger partial charge in [-0.25, -0.2) is 0 Å². The van der Waals surface area contributed by atoms with Crippen LogP contribution in [0, 0.1) is 12.8 Å². The minimum absolute atomic E-state index is 0.0466. The number of hydrogen-bond acceptors (Lipinski definition) is 3. The molecule has 4 nitrogen and oxygen atoms in total. The number of ether oxygens (including phenoxy) is 1. The van der Waals surface area contributed by atoms with Crippen molar-refractivity contribution in [2.75, 3.05) is 0 Å². The molecule has 152 valence electrons. The fourth-order valence-electron chi connectivity index (χ4n) is 5.12. The third kappa shape index (κ3) is 2.68. The first-order valence-electron chi connectivity index (χ1n) is 10.6. The van der Waals surface area contributed by atoms with Gasteiger partial charge in [0.2, 0.25) is 0 Å². The van der Waals surface area contributed by atoms with E-state index in [1.807, 2.05) is 78.2 Å². The van der Waals surface area contributed by atoms with E-state index in [-0.39, 0.29) is 23.7 Å². The number of ketones is 1. The van der Waals surface area contributed by atoms with Gasteiger partial charge >= 0.3 is 0 Å². The minimum Gasteiger partial charge on any atom is -0.488 e. The standard InChI is InChI=1S/C27H21NO3/c1-16-11-12-24-20(13-16)26(29)21-14-19-18-9-5-6-10-22(18)28(23(19)15-25(21)31-24)27(30)17-7-3-2-4-8-17/h2-13,21,25H,14-15H2,1H3/t21-,25-/m1/s1. The Labute approximate surface area is 180 Å². The molecule has 3 aromatic carbocycles. The van der Waals surface area contributed by atoms with Crippen molar-refractivity contribution in [1.29, 1.82) is 0 Å². The van der Waals surface area contributed by atoms with Crippen molar-refractivity contribution in [2.24, 2.45) is 5.92 Å². The lowest BCUT2D eigenvalue weighted by Gasteiger charge is -2.36. The second-order valence-electron chi connectivity index (χ2n) is 8.48. The summed E-state index contributed by atoms with van der Waals surface area (Å²) in [4.78, 5) is 26.9. The number of aromatic nitrogens is 1. The quantitative estimate of drug-likeness (QED) is 0.446. The Balaban J connectivity index is 1.50. The number of rotatable bonds is 1. The van der Waals surface area contributed by atoms with Gasteiger partial charge in [0.25, 0.3) is 5.91 Å². The number of nitrogens with zero attached hydrogens (tertiary/aromatic N) is 1. The van der Waals surface area contributed by atoms with Crippen molar-refractivity contribution < 1.29 is 14.3 Å². The average Bonchev–Trinajstić information content (AvgIpc) is 3.12. The molecule has 1 aromatic heterocycles. The summed E-state index contributed by atoms with van der Waals surface area (Å²) in [5, 5.41) is 1.04. The van der Waals surface area contributed by atoms with Crippen LogP contribution in [0.25, 0.3) is 10.9 Å². The van der Waals surface area contributed by atoms with Gasteiger partial charge in [0.05, 0.1) is 17.0 Å². The van der Waals surface area contributed by atoms with Crippen LogP contribution in [-0.2, 0) is 12.8 Å². The molecule has 0 bridgehead atoms. The number of fused-ring (bicyclic) bond motifs is 5. The van der Waals surface area contributed by atoms with Crippen molar-refractivity contribution in [2.45, 2.75) is 25.9 Å². The van der Waals surface area contributed by atoms with E-state index in [9.17, 15) is 9.59 Å². The Bertz CT molecular complexity index is 1370. The van der Waals surface area contributed by atoms with E-state index < -0.39 is 0 Å². The molecule has 0 amide bonds. The molecule has 0 spiro atoms. The highest BCUT2D eigenvalue weighted by Gasteiger charge is 2.43. The number of Topliss-reactive ketones (excluding diaryl/α,β-unsaturated/α-hetero) is 1. The monoisotopic (exact) mass is 407 g/mol. The molecule has 2 atom stereocenters. The number of para-hydroxylation sites is 1. The van der Waals surface area contributed by atoms with Crippen LogP contribution in [0.1, 0.15) is 37.5 Å². The van der Waals surface area contributed by atoms with E-state index in [1.165, 1.54) is 0 Å². The number of hydrogen-bond donors (Lipinski definition) is 0. The first-order valence-corrected chi connectivity index (χ1v) is 10.6. The summed E-state index contributed by atoms with van der Waals surface area (Å²) < 4.78 is 8.14. The van der Waals surface area contributed by atoms with Crippen LogP contribution in [-0.4, -0.2) is 22.4 Å². The second kappa shape index (κ2) is 6.67. The summed E-state index contributed by atoms with van der Waals surface area (Å²) in [6.45, 7) is 1.99. The SMILES string of the molecule is Cc1ccc2c(c1)C(=O)[C@@H]1Cc3c(n(C(=O)c4ccccc4)c4ccccc34)C[C@H]1O2. The van der Waals surface area contributed by atoms with Crippen molar-refractivity contribution in [3.63, 3.8) is 0 Å². The van der Waals surface area contributed by atoms with Crippen molar-refractivity contribution in [1.82, 2.24) is 4.57 Å². The zero-order valence-corrected chi connectivity index (χ0v) is 17.2. The highest BCUT2D eigenvalue weighted by molar-refractivity contribution is 6.06. The molecule has 31 heavy (non-hydrogen) atoms. The highest BCUT2D eigenvalue weighted by atomic mass is 16.5. The Morgan fingerprint density at radius 1 is 0.968 bits per heavy atom. The van der Waals surface area contributed by atoms with Crippen molar-refractivity contribution in [3.05, 3.63) is 101 Å². The Kier molecular flexibility index (Phi) is 3.90. The van der Waals surface area contributed by atoms with E-state index in [2.05, 4.69) is 6.07 Å². The minimum atomic E-state index is -0.262. The van der Waals surface area contributed by atoms with Crippen LogP contribution in [0.5, 0.6) is 5.75 Å². The van der Waals surface area contributed by atoms with Gasteiger partial charge in [-0.3, -0.25) is 14.2 Å². The van der Waals surface area contributed by atoms with E-state index in [0.29, 0.717) is 29.7 Å². The number of carbonyl (C=O) groups is 2. The van der Waals surface area contributed by atoms with Crippen LogP contribution in [0.15, 0.2) is 72.8 Å². The van der Waals surface area contributed by atoms with Gasteiger partial charge in [-0.1, -0.05) is 48.0 Å². The molecular weight excluding hydrogens is 386 g/mol. The zero-order valence-electron chi connectivity index (χ0n) is 17.2. The molecule has 0 fully saturated rings. The molecule has 0 radical (unpaired) electrons. The summed E-state index contributed by atoms with van der Waals surface area (Å²) in [7, 11) is 0. The molecule has 6 rings (SSSR count). The molecule has 4 heteroatoms. The fraction of sp³-hybridized carbons (Fsp3) is 0.185. The molecule has 1 aliphatic carbocycles. The zero-order chi connectivity index (χ0) is 21.1. The van der Waals surface area contributed by atoms with E-state index in [0.717, 1.165) is 27.7 Å². The predicted molar refractivity (Wildman–Crippen MR) is 119 cm³/mol. The normalized spacial score (nSPS) is 19.3.